The Balaban J connectivity index is 4.03. The molecule has 0 aromatic heterocycles. The van der Waals surface area contributed by atoms with E-state index >= 15 is 0 Å². The molecule has 0 radical (unpaired) electrons. The fraction of sp³-hybridized carbons (Fsp3) is 0.773. The van der Waals surface area contributed by atoms with Crippen LogP contribution in [0.4, 0.5) is 0 Å². The van der Waals surface area contributed by atoms with Crippen molar-refractivity contribution in [1.29, 1.82) is 0 Å². The summed E-state index contributed by atoms with van der Waals surface area (Å²) in [4.78, 5) is 42.8. The number of aliphatic hydroxyl groups is 1. The minimum atomic E-state index is -4.78. The Labute approximate surface area is 329 Å². The summed E-state index contributed by atoms with van der Waals surface area (Å²) < 4.78 is 26.3. The highest BCUT2D eigenvalue weighted by atomic mass is 31.2. The summed E-state index contributed by atoms with van der Waals surface area (Å²) in [6, 6.07) is 0. The van der Waals surface area contributed by atoms with Crippen molar-refractivity contribution in [2.75, 3.05) is 13.2 Å². The van der Waals surface area contributed by atoms with Crippen molar-refractivity contribution in [2.24, 2.45) is 5.92 Å². The third kappa shape index (κ3) is 39.7. The van der Waals surface area contributed by atoms with Crippen LogP contribution in [0.3, 0.4) is 0 Å². The number of allylic oxidation sites excluding steroid dienone is 7. The van der Waals surface area contributed by atoms with Crippen LogP contribution in [0.25, 0.3) is 0 Å². The van der Waals surface area contributed by atoms with Gasteiger partial charge >= 0.3 is 19.8 Å². The highest BCUT2D eigenvalue weighted by Gasteiger charge is 2.22. The molecule has 0 saturated heterocycles. The lowest BCUT2D eigenvalue weighted by Crippen LogP contribution is -2.29. The maximum Gasteiger partial charge on any atom is 0.469 e. The second-order valence-electron chi connectivity index (χ2n) is 14.8. The smallest absolute Gasteiger partial charge is 0.462 e. The van der Waals surface area contributed by atoms with Gasteiger partial charge in [-0.3, -0.25) is 14.1 Å². The summed E-state index contributed by atoms with van der Waals surface area (Å²) in [6.07, 6.45) is 41.6. The van der Waals surface area contributed by atoms with Gasteiger partial charge in [-0.05, 0) is 44.4 Å². The van der Waals surface area contributed by atoms with E-state index in [9.17, 15) is 19.3 Å². The van der Waals surface area contributed by atoms with E-state index in [1.165, 1.54) is 77.0 Å². The van der Waals surface area contributed by atoms with Crippen molar-refractivity contribution < 1.29 is 43.0 Å². The second kappa shape index (κ2) is 37.9. The standard InChI is InChI=1S/C44H79O9P/c1-4-6-28-34-41(45)35-30-25-21-17-13-11-15-18-22-26-31-36-43(46)51-38-42(39-52-54(48,49)50)53-44(47)37-32-27-23-19-14-10-8-7-9-12-16-20-24-29-33-40(3)5-2/h11,13,18,21-22,25,30,35,40-42,45H,4-10,12,14-17,19-20,23-24,26-29,31-34,36-39H2,1-3H3,(H2,48,49,50)/b13-11-,22-18-,25-21-,35-30+/t40?,41-,42-/m1/s1. The van der Waals surface area contributed by atoms with E-state index in [4.69, 9.17) is 19.3 Å². The van der Waals surface area contributed by atoms with Crippen LogP contribution in [-0.2, 0) is 28.2 Å². The monoisotopic (exact) mass is 783 g/mol. The van der Waals surface area contributed by atoms with Crippen molar-refractivity contribution in [2.45, 2.75) is 200 Å². The van der Waals surface area contributed by atoms with Crippen molar-refractivity contribution in [1.82, 2.24) is 0 Å². The third-order valence-corrected chi connectivity index (χ3v) is 9.98. The minimum Gasteiger partial charge on any atom is -0.462 e. The zero-order valence-corrected chi connectivity index (χ0v) is 35.3. The molecular formula is C44H79O9P. The number of carbonyl (C=O) groups is 2. The van der Waals surface area contributed by atoms with Crippen molar-refractivity contribution in [3.05, 3.63) is 48.6 Å². The van der Waals surface area contributed by atoms with Gasteiger partial charge in [-0.25, -0.2) is 4.57 Å². The van der Waals surface area contributed by atoms with E-state index in [0.717, 1.165) is 63.7 Å². The molecule has 54 heavy (non-hydrogen) atoms. The van der Waals surface area contributed by atoms with E-state index in [1.54, 1.807) is 0 Å². The first-order chi connectivity index (χ1) is 26.1. The van der Waals surface area contributed by atoms with Gasteiger partial charge < -0.3 is 24.4 Å². The van der Waals surface area contributed by atoms with Gasteiger partial charge in [0.15, 0.2) is 6.10 Å². The summed E-state index contributed by atoms with van der Waals surface area (Å²) in [6.45, 7) is 5.89. The van der Waals surface area contributed by atoms with Crippen LogP contribution in [0.15, 0.2) is 48.6 Å². The highest BCUT2D eigenvalue weighted by molar-refractivity contribution is 7.46. The fourth-order valence-corrected chi connectivity index (χ4v) is 6.22. The predicted octanol–water partition coefficient (Wildman–Crippen LogP) is 12.0. The maximum atomic E-state index is 12.4. The lowest BCUT2D eigenvalue weighted by Gasteiger charge is -2.18. The van der Waals surface area contributed by atoms with E-state index in [1.807, 2.05) is 36.5 Å². The van der Waals surface area contributed by atoms with Crippen LogP contribution in [0, 0.1) is 5.92 Å². The fourth-order valence-electron chi connectivity index (χ4n) is 5.86. The molecule has 3 atom stereocenters. The number of esters is 2. The van der Waals surface area contributed by atoms with Crippen LogP contribution >= 0.6 is 7.82 Å². The number of carbonyl (C=O) groups excluding carboxylic acids is 2. The molecule has 0 heterocycles. The molecule has 0 aromatic carbocycles. The molecule has 0 saturated carbocycles. The van der Waals surface area contributed by atoms with Gasteiger partial charge in [0.1, 0.15) is 6.61 Å². The number of aliphatic hydroxyl groups excluding tert-OH is 1. The molecule has 10 heteroatoms. The number of rotatable bonds is 38. The zero-order chi connectivity index (χ0) is 40.0. The molecule has 0 amide bonds. The topological polar surface area (TPSA) is 140 Å². The molecule has 9 nitrogen and oxygen atoms in total. The molecule has 0 rings (SSSR count). The van der Waals surface area contributed by atoms with E-state index < -0.39 is 32.5 Å². The van der Waals surface area contributed by atoms with Crippen molar-refractivity contribution >= 4 is 19.8 Å². The lowest BCUT2D eigenvalue weighted by atomic mass is 9.99. The molecule has 3 N–H and O–H groups in total. The summed E-state index contributed by atoms with van der Waals surface area (Å²) in [5, 5.41) is 9.87. The number of phosphoric acid groups is 1. The summed E-state index contributed by atoms with van der Waals surface area (Å²) in [7, 11) is -4.78. The average molecular weight is 783 g/mol. The molecule has 0 bridgehead atoms. The second-order valence-corrected chi connectivity index (χ2v) is 16.0. The predicted molar refractivity (Wildman–Crippen MR) is 222 cm³/mol. The third-order valence-electron chi connectivity index (χ3n) is 9.49. The number of unbranched alkanes of at least 4 members (excludes halogenated alkanes) is 16. The molecular weight excluding hydrogens is 703 g/mol. The van der Waals surface area contributed by atoms with Gasteiger partial charge in [0.2, 0.25) is 0 Å². The van der Waals surface area contributed by atoms with Crippen LogP contribution in [-0.4, -0.2) is 52.3 Å². The molecule has 0 aliphatic rings. The van der Waals surface area contributed by atoms with Crippen LogP contribution in [0.5, 0.6) is 0 Å². The molecule has 0 spiro atoms. The first-order valence-electron chi connectivity index (χ1n) is 21.4. The van der Waals surface area contributed by atoms with E-state index in [-0.39, 0.29) is 25.6 Å². The van der Waals surface area contributed by atoms with Crippen LogP contribution in [0.2, 0.25) is 0 Å². The van der Waals surface area contributed by atoms with Gasteiger partial charge in [0.05, 0.1) is 12.7 Å². The van der Waals surface area contributed by atoms with Crippen molar-refractivity contribution in [3.8, 4) is 0 Å². The Hall–Kier alpha value is -2.03. The van der Waals surface area contributed by atoms with Crippen LogP contribution < -0.4 is 0 Å². The van der Waals surface area contributed by atoms with Gasteiger partial charge in [-0.1, -0.05) is 185 Å². The van der Waals surface area contributed by atoms with E-state index in [0.29, 0.717) is 19.3 Å². The Morgan fingerprint density at radius 2 is 1.17 bits per heavy atom. The molecule has 0 fully saturated rings. The zero-order valence-electron chi connectivity index (χ0n) is 34.4. The Bertz CT molecular complexity index is 1050. The summed E-state index contributed by atoms with van der Waals surface area (Å²) in [5.74, 6) is -0.0991. The highest BCUT2D eigenvalue weighted by Crippen LogP contribution is 2.36. The molecule has 1 unspecified atom stereocenters. The van der Waals surface area contributed by atoms with Gasteiger partial charge in [-0.2, -0.15) is 0 Å². The molecule has 0 aliphatic heterocycles. The minimum absolute atomic E-state index is 0.171. The lowest BCUT2D eigenvalue weighted by molar-refractivity contribution is -0.161. The van der Waals surface area contributed by atoms with E-state index in [2.05, 4.69) is 37.4 Å². The quantitative estimate of drug-likeness (QED) is 0.0183. The SMILES string of the molecule is CCCCC[C@@H](O)/C=C/C=C\C/C=C\C/C=C\CCCC(=O)OC[C@H](COP(=O)(O)O)OC(=O)CCCCCCCCCCCCCCCCC(C)CC. The van der Waals surface area contributed by atoms with Crippen molar-refractivity contribution in [3.63, 3.8) is 0 Å². The number of hydrogen-bond donors (Lipinski definition) is 3. The largest absolute Gasteiger partial charge is 0.469 e. The van der Waals surface area contributed by atoms with Crippen LogP contribution in [0.1, 0.15) is 188 Å². The normalized spacial score (nSPS) is 14.1. The number of phosphoric ester groups is 1. The maximum absolute atomic E-state index is 12.4. The van der Waals surface area contributed by atoms with Gasteiger partial charge in [0, 0.05) is 12.8 Å². The average Bonchev–Trinajstić information content (AvgIpc) is 3.13. The number of ether oxygens (including phenoxy) is 2. The van der Waals surface area contributed by atoms with Gasteiger partial charge in [-0.15, -0.1) is 0 Å². The molecule has 0 aliphatic carbocycles. The molecule has 314 valence electrons. The van der Waals surface area contributed by atoms with Gasteiger partial charge in [0.25, 0.3) is 0 Å². The first kappa shape index (κ1) is 52.0. The Morgan fingerprint density at radius 1 is 0.630 bits per heavy atom. The summed E-state index contributed by atoms with van der Waals surface area (Å²) in [5.41, 5.74) is 0. The molecule has 0 aromatic rings. The first-order valence-corrected chi connectivity index (χ1v) is 23.0. The number of hydrogen-bond acceptors (Lipinski definition) is 7. The Kier molecular flexibility index (Phi) is 36.4. The summed E-state index contributed by atoms with van der Waals surface area (Å²) >= 11 is 0. The Morgan fingerprint density at radius 3 is 1.76 bits per heavy atom.